The second-order valence-corrected chi connectivity index (χ2v) is 9.26. The van der Waals surface area contributed by atoms with E-state index < -0.39 is 29.6 Å². The fourth-order valence-corrected chi connectivity index (χ4v) is 4.58. The lowest BCUT2D eigenvalue weighted by Crippen LogP contribution is -2.40. The Balaban J connectivity index is 1.29. The average molecular weight is 573 g/mol. The highest BCUT2D eigenvalue weighted by molar-refractivity contribution is 8.14. The van der Waals surface area contributed by atoms with Gasteiger partial charge in [0.15, 0.2) is 11.0 Å². The van der Waals surface area contributed by atoms with Crippen LogP contribution in [0, 0.1) is 11.6 Å². The van der Waals surface area contributed by atoms with Crippen molar-refractivity contribution in [2.24, 2.45) is 10.2 Å². The van der Waals surface area contributed by atoms with Crippen molar-refractivity contribution < 1.29 is 31.5 Å². The average Bonchev–Trinajstić information content (AvgIpc) is 3.40. The van der Waals surface area contributed by atoms with Crippen molar-refractivity contribution in [1.82, 2.24) is 14.8 Å². The third kappa shape index (κ3) is 6.17. The van der Waals surface area contributed by atoms with Crippen molar-refractivity contribution in [3.8, 4) is 22.8 Å². The Morgan fingerprint density at radius 3 is 2.35 bits per heavy atom. The zero-order valence-corrected chi connectivity index (χ0v) is 21.0. The van der Waals surface area contributed by atoms with Gasteiger partial charge in [0, 0.05) is 17.7 Å². The minimum Gasteiger partial charge on any atom is -0.406 e. The fraction of sp³-hybridized carbons (Fsp3) is 0.115. The standard InChI is InChI=1S/C26H17F5N6O2S/c27-20-2-1-3-21(28)23(20)37-22(38)12-13-40-25(37)34-33-14-16-4-6-17(7-5-16)24-32-15-36(35-24)18-8-10-19(11-9-18)39-26(29,30)31/h1-11,14-15H,12-13H2/b33-14+,34-25-. The van der Waals surface area contributed by atoms with E-state index in [4.69, 9.17) is 0 Å². The third-order valence-electron chi connectivity index (χ3n) is 5.49. The molecule has 0 saturated carbocycles. The molecule has 1 fully saturated rings. The summed E-state index contributed by atoms with van der Waals surface area (Å²) in [6, 6.07) is 15.4. The largest absolute Gasteiger partial charge is 0.573 e. The Morgan fingerprint density at radius 2 is 1.68 bits per heavy atom. The molecular weight excluding hydrogens is 555 g/mol. The molecule has 0 radical (unpaired) electrons. The first kappa shape index (κ1) is 27.0. The van der Waals surface area contributed by atoms with Crippen LogP contribution in [0.3, 0.4) is 0 Å². The number of amidine groups is 1. The summed E-state index contributed by atoms with van der Waals surface area (Å²) in [4.78, 5) is 17.6. The van der Waals surface area contributed by atoms with E-state index in [2.05, 4.69) is 25.0 Å². The van der Waals surface area contributed by atoms with Gasteiger partial charge in [-0.25, -0.2) is 18.4 Å². The molecule has 14 heteroatoms. The summed E-state index contributed by atoms with van der Waals surface area (Å²) in [5.74, 6) is -1.82. The highest BCUT2D eigenvalue weighted by Crippen LogP contribution is 2.30. The summed E-state index contributed by atoms with van der Waals surface area (Å²) in [6.45, 7) is 0. The number of rotatable bonds is 6. The summed E-state index contributed by atoms with van der Waals surface area (Å²) >= 11 is 1.16. The van der Waals surface area contributed by atoms with E-state index in [1.165, 1.54) is 47.6 Å². The van der Waals surface area contributed by atoms with Crippen LogP contribution in [-0.4, -0.2) is 44.2 Å². The first-order valence-electron chi connectivity index (χ1n) is 11.6. The van der Waals surface area contributed by atoms with Crippen molar-refractivity contribution >= 4 is 34.7 Å². The smallest absolute Gasteiger partial charge is 0.406 e. The quantitative estimate of drug-likeness (QED) is 0.162. The molecule has 0 spiro atoms. The Kier molecular flexibility index (Phi) is 7.60. The first-order valence-corrected chi connectivity index (χ1v) is 12.6. The molecule has 0 atom stereocenters. The van der Waals surface area contributed by atoms with Gasteiger partial charge in [-0.15, -0.1) is 23.4 Å². The van der Waals surface area contributed by atoms with Gasteiger partial charge in [-0.1, -0.05) is 42.1 Å². The zero-order chi connectivity index (χ0) is 28.3. The van der Waals surface area contributed by atoms with Gasteiger partial charge in [-0.2, -0.15) is 5.10 Å². The number of hydrogen-bond acceptors (Lipinski definition) is 7. The number of thioether (sulfide) groups is 1. The van der Waals surface area contributed by atoms with E-state index in [1.807, 2.05) is 0 Å². The van der Waals surface area contributed by atoms with Crippen LogP contribution in [0.2, 0.25) is 0 Å². The summed E-state index contributed by atoms with van der Waals surface area (Å²) < 4.78 is 71.0. The predicted octanol–water partition coefficient (Wildman–Crippen LogP) is 5.97. The van der Waals surface area contributed by atoms with Crippen LogP contribution in [0.1, 0.15) is 12.0 Å². The second-order valence-electron chi connectivity index (χ2n) is 8.20. The van der Waals surface area contributed by atoms with Gasteiger partial charge in [0.25, 0.3) is 0 Å². The lowest BCUT2D eigenvalue weighted by atomic mass is 10.1. The lowest BCUT2D eigenvalue weighted by Gasteiger charge is -2.27. The van der Waals surface area contributed by atoms with E-state index in [-0.39, 0.29) is 17.3 Å². The number of para-hydroxylation sites is 1. The van der Waals surface area contributed by atoms with Crippen LogP contribution < -0.4 is 9.64 Å². The van der Waals surface area contributed by atoms with Crippen LogP contribution in [0.5, 0.6) is 5.75 Å². The van der Waals surface area contributed by atoms with Gasteiger partial charge in [-0.05, 0) is 42.0 Å². The number of alkyl halides is 3. The Bertz CT molecular complexity index is 1570. The molecule has 204 valence electrons. The third-order valence-corrected chi connectivity index (χ3v) is 6.43. The van der Waals surface area contributed by atoms with Crippen LogP contribution in [0.25, 0.3) is 17.1 Å². The van der Waals surface area contributed by atoms with Crippen LogP contribution in [-0.2, 0) is 4.79 Å². The minimum atomic E-state index is -4.78. The molecule has 1 aliphatic rings. The molecule has 1 aliphatic heterocycles. The highest BCUT2D eigenvalue weighted by atomic mass is 32.2. The summed E-state index contributed by atoms with van der Waals surface area (Å²) in [5, 5.41) is 12.4. The highest BCUT2D eigenvalue weighted by Gasteiger charge is 2.32. The van der Waals surface area contributed by atoms with E-state index in [9.17, 15) is 26.7 Å². The maximum absolute atomic E-state index is 14.3. The monoisotopic (exact) mass is 572 g/mol. The van der Waals surface area contributed by atoms with Gasteiger partial charge >= 0.3 is 6.36 Å². The molecule has 40 heavy (non-hydrogen) atoms. The number of amides is 1. The van der Waals surface area contributed by atoms with Crippen molar-refractivity contribution in [3.63, 3.8) is 0 Å². The van der Waals surface area contributed by atoms with Crippen LogP contribution >= 0.6 is 11.8 Å². The first-order chi connectivity index (χ1) is 19.2. The fourth-order valence-electron chi connectivity index (χ4n) is 3.69. The zero-order valence-electron chi connectivity index (χ0n) is 20.2. The molecule has 0 N–H and O–H groups in total. The number of hydrogen-bond donors (Lipinski definition) is 0. The van der Waals surface area contributed by atoms with E-state index in [0.29, 0.717) is 28.4 Å². The number of anilines is 1. The van der Waals surface area contributed by atoms with E-state index in [1.54, 1.807) is 24.3 Å². The normalized spacial score (nSPS) is 15.3. The van der Waals surface area contributed by atoms with Crippen molar-refractivity contribution in [3.05, 3.63) is 90.3 Å². The molecule has 1 amide bonds. The number of aromatic nitrogens is 3. The molecule has 3 aromatic carbocycles. The molecule has 2 heterocycles. The van der Waals surface area contributed by atoms with Crippen molar-refractivity contribution in [2.45, 2.75) is 12.8 Å². The molecule has 0 aliphatic carbocycles. The van der Waals surface area contributed by atoms with Gasteiger partial charge in [-0.3, -0.25) is 9.69 Å². The van der Waals surface area contributed by atoms with Crippen LogP contribution in [0.15, 0.2) is 83.3 Å². The number of ether oxygens (including phenoxy) is 1. The van der Waals surface area contributed by atoms with Gasteiger partial charge in [0.1, 0.15) is 29.4 Å². The van der Waals surface area contributed by atoms with Crippen molar-refractivity contribution in [2.75, 3.05) is 10.7 Å². The maximum atomic E-state index is 14.3. The molecule has 4 aromatic rings. The molecule has 8 nitrogen and oxygen atoms in total. The van der Waals surface area contributed by atoms with Gasteiger partial charge < -0.3 is 4.74 Å². The van der Waals surface area contributed by atoms with Gasteiger partial charge in [0.2, 0.25) is 5.91 Å². The number of nitrogens with zero attached hydrogens (tertiary/aromatic N) is 6. The SMILES string of the molecule is O=C1CCS/C(=N\N=C\c2ccc(-c3ncn(-c4ccc(OC(F)(F)F)cc4)n3)cc2)N1c1c(F)cccc1F. The molecule has 0 unspecified atom stereocenters. The number of halogens is 5. The molecular formula is C26H17F5N6O2S. The number of carbonyl (C=O) groups is 1. The van der Waals surface area contributed by atoms with Crippen molar-refractivity contribution in [1.29, 1.82) is 0 Å². The topological polar surface area (TPSA) is 85.0 Å². The molecule has 1 aromatic heterocycles. The Morgan fingerprint density at radius 1 is 0.975 bits per heavy atom. The number of carbonyl (C=O) groups excluding carboxylic acids is 1. The minimum absolute atomic E-state index is 0.0564. The van der Waals surface area contributed by atoms with Crippen LogP contribution in [0.4, 0.5) is 27.6 Å². The lowest BCUT2D eigenvalue weighted by molar-refractivity contribution is -0.274. The molecule has 5 rings (SSSR count). The summed E-state index contributed by atoms with van der Waals surface area (Å²) in [6.07, 6.45) is -1.83. The Labute approximate surface area is 227 Å². The summed E-state index contributed by atoms with van der Waals surface area (Å²) in [5.41, 5.74) is 1.30. The van der Waals surface area contributed by atoms with Gasteiger partial charge in [0.05, 0.1) is 11.9 Å². The number of benzene rings is 3. The molecule has 0 bridgehead atoms. The van der Waals surface area contributed by atoms with E-state index >= 15 is 0 Å². The Hall–Kier alpha value is -4.59. The molecule has 1 saturated heterocycles. The maximum Gasteiger partial charge on any atom is 0.573 e. The predicted molar refractivity (Wildman–Crippen MR) is 139 cm³/mol. The summed E-state index contributed by atoms with van der Waals surface area (Å²) in [7, 11) is 0. The second kappa shape index (κ2) is 11.3. The van der Waals surface area contributed by atoms with E-state index in [0.717, 1.165) is 28.8 Å².